The molecule has 0 aliphatic rings. The van der Waals surface area contributed by atoms with Crippen LogP contribution in [-0.4, -0.2) is 35.7 Å². The summed E-state index contributed by atoms with van der Waals surface area (Å²) in [5.41, 5.74) is 17.0. The largest absolute Gasteiger partial charge is 0.399 e. The van der Waals surface area contributed by atoms with Gasteiger partial charge in [-0.1, -0.05) is 12.1 Å². The van der Waals surface area contributed by atoms with E-state index in [9.17, 15) is 14.4 Å². The molecule has 7 heteroatoms. The number of carbonyl (C=O) groups is 3. The minimum absolute atomic E-state index is 0.353. The summed E-state index contributed by atoms with van der Waals surface area (Å²) in [4.78, 5) is 35.3. The number of nitrogens with two attached hydrogens (primary N) is 3. The second-order valence-corrected chi connectivity index (χ2v) is 4.52. The number of primary amides is 2. The van der Waals surface area contributed by atoms with Crippen LogP contribution in [0.25, 0.3) is 0 Å². The van der Waals surface area contributed by atoms with Crippen LogP contribution >= 0.6 is 0 Å². The SMILES string of the molecule is CC(C(=O)N(CC(N)=O)CC(N)=O)c1cccc(N)c1. The molecule has 0 aliphatic carbocycles. The van der Waals surface area contributed by atoms with Crippen molar-refractivity contribution >= 4 is 23.4 Å². The van der Waals surface area contributed by atoms with Gasteiger partial charge in [0.25, 0.3) is 0 Å². The van der Waals surface area contributed by atoms with Crippen molar-refractivity contribution in [3.05, 3.63) is 29.8 Å². The van der Waals surface area contributed by atoms with Gasteiger partial charge in [0.1, 0.15) is 0 Å². The lowest BCUT2D eigenvalue weighted by Gasteiger charge is -2.23. The molecule has 1 aromatic rings. The van der Waals surface area contributed by atoms with Crippen LogP contribution in [0.2, 0.25) is 0 Å². The summed E-state index contributed by atoms with van der Waals surface area (Å²) >= 11 is 0. The van der Waals surface area contributed by atoms with Crippen molar-refractivity contribution in [3.8, 4) is 0 Å². The Morgan fingerprint density at radius 2 is 1.70 bits per heavy atom. The van der Waals surface area contributed by atoms with Gasteiger partial charge in [-0.25, -0.2) is 0 Å². The van der Waals surface area contributed by atoms with E-state index in [1.807, 2.05) is 0 Å². The van der Waals surface area contributed by atoms with E-state index < -0.39 is 23.6 Å². The number of hydrogen-bond acceptors (Lipinski definition) is 4. The number of rotatable bonds is 6. The van der Waals surface area contributed by atoms with Gasteiger partial charge in [0.15, 0.2) is 0 Å². The third kappa shape index (κ3) is 4.27. The Balaban J connectivity index is 2.92. The average molecular weight is 278 g/mol. The van der Waals surface area contributed by atoms with E-state index in [-0.39, 0.29) is 13.1 Å². The van der Waals surface area contributed by atoms with Gasteiger partial charge in [-0.15, -0.1) is 0 Å². The zero-order valence-corrected chi connectivity index (χ0v) is 11.2. The Bertz CT molecular complexity index is 514. The molecule has 0 aliphatic heterocycles. The van der Waals surface area contributed by atoms with Gasteiger partial charge >= 0.3 is 0 Å². The fraction of sp³-hybridized carbons (Fsp3) is 0.308. The molecule has 6 N–H and O–H groups in total. The third-order valence-electron chi connectivity index (χ3n) is 2.79. The molecular weight excluding hydrogens is 260 g/mol. The fourth-order valence-corrected chi connectivity index (χ4v) is 1.83. The number of nitrogen functional groups attached to an aromatic ring is 1. The van der Waals surface area contributed by atoms with Crippen LogP contribution in [0.5, 0.6) is 0 Å². The van der Waals surface area contributed by atoms with Crippen molar-refractivity contribution in [2.45, 2.75) is 12.8 Å². The van der Waals surface area contributed by atoms with Crippen LogP contribution < -0.4 is 17.2 Å². The Labute approximate surface area is 116 Å². The molecular formula is C13H18N4O3. The first-order valence-electron chi connectivity index (χ1n) is 6.02. The average Bonchev–Trinajstić information content (AvgIpc) is 2.35. The Morgan fingerprint density at radius 3 is 2.15 bits per heavy atom. The molecule has 0 heterocycles. The van der Waals surface area contributed by atoms with Crippen LogP contribution in [0.1, 0.15) is 18.4 Å². The highest BCUT2D eigenvalue weighted by molar-refractivity contribution is 5.91. The van der Waals surface area contributed by atoms with Crippen LogP contribution in [0.15, 0.2) is 24.3 Å². The standard InChI is InChI=1S/C13H18N4O3/c1-8(9-3-2-4-10(14)5-9)13(20)17(6-11(15)18)7-12(16)19/h2-5,8H,6-7,14H2,1H3,(H2,15,18)(H2,16,19). The topological polar surface area (TPSA) is 133 Å². The lowest BCUT2D eigenvalue weighted by atomic mass is 9.99. The first kappa shape index (κ1) is 15.5. The van der Waals surface area contributed by atoms with Gasteiger partial charge in [-0.05, 0) is 24.6 Å². The van der Waals surface area contributed by atoms with E-state index in [1.165, 1.54) is 0 Å². The summed E-state index contributed by atoms with van der Waals surface area (Å²) in [5, 5.41) is 0. The highest BCUT2D eigenvalue weighted by Gasteiger charge is 2.24. The van der Waals surface area contributed by atoms with Gasteiger partial charge in [0, 0.05) is 5.69 Å². The lowest BCUT2D eigenvalue weighted by molar-refractivity contribution is -0.139. The van der Waals surface area contributed by atoms with Crippen LogP contribution in [0.4, 0.5) is 5.69 Å². The molecule has 1 atom stereocenters. The van der Waals surface area contributed by atoms with E-state index in [4.69, 9.17) is 17.2 Å². The van der Waals surface area contributed by atoms with Gasteiger partial charge in [-0.2, -0.15) is 0 Å². The quantitative estimate of drug-likeness (QED) is 0.586. The molecule has 0 radical (unpaired) electrons. The van der Waals surface area contributed by atoms with E-state index >= 15 is 0 Å². The molecule has 0 saturated carbocycles. The molecule has 1 aromatic carbocycles. The molecule has 0 fully saturated rings. The van der Waals surface area contributed by atoms with Crippen LogP contribution in [0, 0.1) is 0 Å². The maximum absolute atomic E-state index is 12.3. The zero-order chi connectivity index (χ0) is 15.3. The molecule has 20 heavy (non-hydrogen) atoms. The summed E-state index contributed by atoms with van der Waals surface area (Å²) in [6.45, 7) is 0.953. The van der Waals surface area contributed by atoms with Crippen molar-refractivity contribution in [1.82, 2.24) is 4.90 Å². The molecule has 0 saturated heterocycles. The minimum atomic E-state index is -0.709. The van der Waals surface area contributed by atoms with E-state index in [0.717, 1.165) is 4.90 Å². The summed E-state index contributed by atoms with van der Waals surface area (Å²) in [7, 11) is 0. The predicted octanol–water partition coefficient (Wildman–Crippen LogP) is -0.828. The number of nitrogens with zero attached hydrogens (tertiary/aromatic N) is 1. The minimum Gasteiger partial charge on any atom is -0.399 e. The van der Waals surface area contributed by atoms with E-state index in [1.54, 1.807) is 31.2 Å². The maximum atomic E-state index is 12.3. The molecule has 1 unspecified atom stereocenters. The molecule has 1 rings (SSSR count). The van der Waals surface area contributed by atoms with Crippen molar-refractivity contribution in [3.63, 3.8) is 0 Å². The summed E-state index contributed by atoms with van der Waals surface area (Å²) in [6, 6.07) is 6.83. The molecule has 7 nitrogen and oxygen atoms in total. The molecule has 108 valence electrons. The second kappa shape index (κ2) is 6.55. The van der Waals surface area contributed by atoms with E-state index in [2.05, 4.69) is 0 Å². The normalized spacial score (nSPS) is 11.7. The van der Waals surface area contributed by atoms with Gasteiger partial charge < -0.3 is 22.1 Å². The number of hydrogen-bond donors (Lipinski definition) is 3. The number of anilines is 1. The highest BCUT2D eigenvalue weighted by Crippen LogP contribution is 2.20. The van der Waals surface area contributed by atoms with Gasteiger partial charge in [-0.3, -0.25) is 14.4 Å². The third-order valence-corrected chi connectivity index (χ3v) is 2.79. The van der Waals surface area contributed by atoms with E-state index in [0.29, 0.717) is 11.3 Å². The van der Waals surface area contributed by atoms with Crippen molar-refractivity contribution < 1.29 is 14.4 Å². The van der Waals surface area contributed by atoms with Crippen LogP contribution in [0.3, 0.4) is 0 Å². The summed E-state index contributed by atoms with van der Waals surface area (Å²) in [5.74, 6) is -2.39. The molecule has 3 amide bonds. The molecule has 0 bridgehead atoms. The number of benzene rings is 1. The smallest absolute Gasteiger partial charge is 0.237 e. The molecule has 0 spiro atoms. The molecule has 0 aromatic heterocycles. The number of amides is 3. The first-order valence-corrected chi connectivity index (χ1v) is 6.02. The summed E-state index contributed by atoms with van der Waals surface area (Å²) in [6.07, 6.45) is 0. The Morgan fingerprint density at radius 1 is 1.15 bits per heavy atom. The highest BCUT2D eigenvalue weighted by atomic mass is 16.2. The Kier molecular flexibility index (Phi) is 5.08. The summed E-state index contributed by atoms with van der Waals surface area (Å²) < 4.78 is 0. The Hall–Kier alpha value is -2.57. The van der Waals surface area contributed by atoms with Gasteiger partial charge in [0.2, 0.25) is 17.7 Å². The first-order chi connectivity index (χ1) is 9.31. The van der Waals surface area contributed by atoms with Crippen LogP contribution in [-0.2, 0) is 14.4 Å². The van der Waals surface area contributed by atoms with Crippen molar-refractivity contribution in [2.24, 2.45) is 11.5 Å². The van der Waals surface area contributed by atoms with Crippen molar-refractivity contribution in [2.75, 3.05) is 18.8 Å². The fourth-order valence-electron chi connectivity index (χ4n) is 1.83. The predicted molar refractivity (Wildman–Crippen MR) is 74.2 cm³/mol. The van der Waals surface area contributed by atoms with Gasteiger partial charge in [0.05, 0.1) is 19.0 Å². The lowest BCUT2D eigenvalue weighted by Crippen LogP contribution is -2.44. The van der Waals surface area contributed by atoms with Crippen molar-refractivity contribution in [1.29, 1.82) is 0 Å². The number of carbonyl (C=O) groups excluding carboxylic acids is 3. The monoisotopic (exact) mass is 278 g/mol. The maximum Gasteiger partial charge on any atom is 0.237 e. The second-order valence-electron chi connectivity index (χ2n) is 4.52. The zero-order valence-electron chi connectivity index (χ0n) is 11.2.